The van der Waals surface area contributed by atoms with Gasteiger partial charge in [-0.05, 0) is 62.4 Å². The van der Waals surface area contributed by atoms with Crippen LogP contribution in [0, 0.1) is 12.8 Å². The number of fused-ring (bicyclic) bond motifs is 1. The number of amides is 1. The van der Waals surface area contributed by atoms with E-state index >= 15 is 0 Å². The molecule has 0 aromatic heterocycles. The van der Waals surface area contributed by atoms with E-state index in [9.17, 15) is 26.7 Å². The number of hydrogen-bond donors (Lipinski definition) is 2. The van der Waals surface area contributed by atoms with Crippen LogP contribution in [0.15, 0.2) is 76.5 Å². The Hall–Kier alpha value is -3.65. The number of aliphatic hydroxyl groups excluding tert-OH is 1. The zero-order chi connectivity index (χ0) is 31.5. The Labute approximate surface area is 253 Å². The van der Waals surface area contributed by atoms with Gasteiger partial charge in [-0.1, -0.05) is 30.7 Å². The number of ether oxygens (including phenoxy) is 2. The van der Waals surface area contributed by atoms with Gasteiger partial charge < -0.3 is 19.5 Å². The summed E-state index contributed by atoms with van der Waals surface area (Å²) in [5.74, 6) is -0.407. The van der Waals surface area contributed by atoms with Gasteiger partial charge in [0.1, 0.15) is 11.9 Å². The number of sulfonamides is 2. The van der Waals surface area contributed by atoms with Gasteiger partial charge in [-0.15, -0.1) is 0 Å². The molecule has 0 saturated heterocycles. The number of aliphatic hydroxyl groups is 1. The van der Waals surface area contributed by atoms with E-state index in [2.05, 4.69) is 4.72 Å². The number of rotatable bonds is 10. The van der Waals surface area contributed by atoms with E-state index < -0.39 is 44.0 Å². The van der Waals surface area contributed by atoms with Gasteiger partial charge in [0, 0.05) is 19.5 Å². The molecular weight excluding hydrogens is 594 g/mol. The Morgan fingerprint density at radius 3 is 2.28 bits per heavy atom. The fourth-order valence-corrected chi connectivity index (χ4v) is 6.99. The number of carbonyl (C=O) groups excluding carboxylic acids is 1. The number of para-hydroxylation sites is 1. The molecule has 3 aromatic rings. The third kappa shape index (κ3) is 6.96. The summed E-state index contributed by atoms with van der Waals surface area (Å²) in [6.07, 6.45) is -0.794. The highest BCUT2D eigenvalue weighted by atomic mass is 32.2. The minimum absolute atomic E-state index is 0.0152. The van der Waals surface area contributed by atoms with Crippen molar-refractivity contribution in [2.75, 3.05) is 38.6 Å². The largest absolute Gasteiger partial charge is 0.497 e. The molecule has 3 aromatic carbocycles. The number of nitrogens with one attached hydrogen (secondary N) is 1. The third-order valence-corrected chi connectivity index (χ3v) is 10.7. The molecule has 1 aliphatic heterocycles. The number of likely N-dealkylation sites (N-methyl/N-ethyl adjacent to an activating group) is 1. The second-order valence-corrected chi connectivity index (χ2v) is 14.4. The number of anilines is 1. The highest BCUT2D eigenvalue weighted by Gasteiger charge is 2.36. The molecule has 0 unspecified atom stereocenters. The molecule has 0 saturated carbocycles. The fourth-order valence-electron chi connectivity index (χ4n) is 4.74. The Bertz CT molecular complexity index is 1660. The summed E-state index contributed by atoms with van der Waals surface area (Å²) in [6, 6.07) is 16.3. The van der Waals surface area contributed by atoms with E-state index in [1.165, 1.54) is 78.0 Å². The summed E-state index contributed by atoms with van der Waals surface area (Å²) < 4.78 is 68.8. The smallest absolute Gasteiger partial charge is 0.262 e. The Kier molecular flexibility index (Phi) is 9.70. The first-order valence-corrected chi connectivity index (χ1v) is 16.6. The fraction of sp³-hybridized carbons (Fsp3) is 0.367. The lowest BCUT2D eigenvalue weighted by atomic mass is 9.99. The number of carbonyl (C=O) groups is 1. The van der Waals surface area contributed by atoms with Crippen LogP contribution in [0.5, 0.6) is 11.5 Å². The molecule has 0 spiro atoms. The predicted molar refractivity (Wildman–Crippen MR) is 162 cm³/mol. The molecule has 1 aliphatic rings. The van der Waals surface area contributed by atoms with Gasteiger partial charge in [-0.25, -0.2) is 16.8 Å². The van der Waals surface area contributed by atoms with Crippen molar-refractivity contribution >= 4 is 31.6 Å². The third-order valence-electron chi connectivity index (χ3n) is 7.47. The van der Waals surface area contributed by atoms with Crippen molar-refractivity contribution in [3.8, 4) is 11.5 Å². The van der Waals surface area contributed by atoms with Crippen LogP contribution in [0.25, 0.3) is 0 Å². The molecule has 1 amide bonds. The first kappa shape index (κ1) is 32.3. The van der Waals surface area contributed by atoms with Crippen LogP contribution < -0.4 is 14.2 Å². The minimum Gasteiger partial charge on any atom is -0.497 e. The molecule has 11 nitrogen and oxygen atoms in total. The van der Waals surface area contributed by atoms with Gasteiger partial charge in [0.2, 0.25) is 10.0 Å². The molecule has 0 bridgehead atoms. The van der Waals surface area contributed by atoms with Gasteiger partial charge >= 0.3 is 0 Å². The lowest BCUT2D eigenvalue weighted by Crippen LogP contribution is -2.50. The van der Waals surface area contributed by atoms with Crippen LogP contribution >= 0.6 is 0 Å². The zero-order valence-corrected chi connectivity index (χ0v) is 26.4. The molecule has 1 heterocycles. The average molecular weight is 632 g/mol. The molecule has 0 fully saturated rings. The molecule has 0 aliphatic carbocycles. The molecule has 4 rings (SSSR count). The van der Waals surface area contributed by atoms with Crippen molar-refractivity contribution in [1.82, 2.24) is 9.21 Å². The normalized spacial score (nSPS) is 18.3. The topological polar surface area (TPSA) is 143 Å². The summed E-state index contributed by atoms with van der Waals surface area (Å²) in [7, 11) is -5.09. The summed E-state index contributed by atoms with van der Waals surface area (Å²) in [6.45, 7) is 5.16. The molecule has 0 radical (unpaired) electrons. The van der Waals surface area contributed by atoms with E-state index in [1.54, 1.807) is 19.1 Å². The molecule has 2 N–H and O–H groups in total. The molecule has 232 valence electrons. The van der Waals surface area contributed by atoms with Crippen molar-refractivity contribution in [2.24, 2.45) is 5.92 Å². The Morgan fingerprint density at radius 2 is 1.67 bits per heavy atom. The maximum absolute atomic E-state index is 13.7. The van der Waals surface area contributed by atoms with E-state index in [0.717, 1.165) is 5.56 Å². The zero-order valence-electron chi connectivity index (χ0n) is 24.7. The van der Waals surface area contributed by atoms with E-state index in [4.69, 9.17) is 9.47 Å². The minimum atomic E-state index is -4.12. The second kappa shape index (κ2) is 12.9. The quantitative estimate of drug-likeness (QED) is 0.347. The number of aryl methyl sites for hydroxylation is 1. The Morgan fingerprint density at radius 1 is 1.05 bits per heavy atom. The predicted octanol–water partition coefficient (Wildman–Crippen LogP) is 3.35. The standard InChI is InChI=1S/C30H37N3O8S2/c1-20-9-13-25(14-10-20)43(38,39)32(4)18-28-21(2)17-33(22(3)19-34)30(35)26-7-6-8-27(29(26)41-28)31-42(36,37)24-15-11-23(40-5)12-16-24/h6-16,21-22,28,31,34H,17-19H2,1-5H3/t21-,22-,28-/m1/s1. The Balaban J connectivity index is 1.75. The van der Waals surface area contributed by atoms with Crippen LogP contribution in [0.4, 0.5) is 5.69 Å². The van der Waals surface area contributed by atoms with Gasteiger partial charge in [0.15, 0.2) is 5.75 Å². The molecule has 43 heavy (non-hydrogen) atoms. The van der Waals surface area contributed by atoms with Gasteiger partial charge in [0.05, 0.1) is 47.3 Å². The highest BCUT2D eigenvalue weighted by molar-refractivity contribution is 7.92. The maximum Gasteiger partial charge on any atom is 0.262 e. The van der Waals surface area contributed by atoms with Gasteiger partial charge in [-0.3, -0.25) is 9.52 Å². The van der Waals surface area contributed by atoms with Crippen LogP contribution in [-0.4, -0.2) is 83.1 Å². The summed E-state index contributed by atoms with van der Waals surface area (Å²) in [5.41, 5.74) is 1.01. The van der Waals surface area contributed by atoms with Gasteiger partial charge in [0.25, 0.3) is 15.9 Å². The summed E-state index contributed by atoms with van der Waals surface area (Å²) >= 11 is 0. The van der Waals surface area contributed by atoms with Crippen LogP contribution in [0.2, 0.25) is 0 Å². The van der Waals surface area contributed by atoms with Crippen molar-refractivity contribution in [3.63, 3.8) is 0 Å². The molecule has 3 atom stereocenters. The summed E-state index contributed by atoms with van der Waals surface area (Å²) in [5, 5.41) is 9.92. The highest BCUT2D eigenvalue weighted by Crippen LogP contribution is 2.36. The van der Waals surface area contributed by atoms with E-state index in [1.807, 2.05) is 13.8 Å². The van der Waals surface area contributed by atoms with Crippen LogP contribution in [0.1, 0.15) is 29.8 Å². The maximum atomic E-state index is 13.7. The lowest BCUT2D eigenvalue weighted by Gasteiger charge is -2.38. The molecular formula is C30H37N3O8S2. The van der Waals surface area contributed by atoms with Crippen molar-refractivity contribution in [3.05, 3.63) is 77.9 Å². The van der Waals surface area contributed by atoms with Crippen molar-refractivity contribution < 1.29 is 36.2 Å². The number of methoxy groups -OCH3 is 1. The first-order chi connectivity index (χ1) is 20.3. The van der Waals surface area contributed by atoms with Crippen molar-refractivity contribution in [2.45, 2.75) is 42.7 Å². The SMILES string of the molecule is COc1ccc(S(=O)(=O)Nc2cccc3c2O[C@H](CN(C)S(=O)(=O)c2ccc(C)cc2)[C@H](C)CN([C@H](C)CO)C3=O)cc1. The second-order valence-electron chi connectivity index (χ2n) is 10.7. The number of hydrogen-bond acceptors (Lipinski definition) is 8. The van der Waals surface area contributed by atoms with E-state index in [0.29, 0.717) is 5.75 Å². The monoisotopic (exact) mass is 631 g/mol. The number of nitrogens with zero attached hydrogens (tertiary/aromatic N) is 2. The number of benzene rings is 3. The van der Waals surface area contributed by atoms with Crippen molar-refractivity contribution in [1.29, 1.82) is 0 Å². The lowest BCUT2D eigenvalue weighted by molar-refractivity contribution is 0.0389. The van der Waals surface area contributed by atoms with Crippen LogP contribution in [0.3, 0.4) is 0 Å². The van der Waals surface area contributed by atoms with Crippen LogP contribution in [-0.2, 0) is 20.0 Å². The van der Waals surface area contributed by atoms with E-state index in [-0.39, 0.29) is 46.5 Å². The summed E-state index contributed by atoms with van der Waals surface area (Å²) in [4.78, 5) is 15.3. The molecule has 13 heteroatoms. The van der Waals surface area contributed by atoms with Gasteiger partial charge in [-0.2, -0.15) is 4.31 Å². The first-order valence-electron chi connectivity index (χ1n) is 13.7. The average Bonchev–Trinajstić information content (AvgIpc) is 2.98.